The molecule has 1 atom stereocenters. The summed E-state index contributed by atoms with van der Waals surface area (Å²) in [5.74, 6) is 1.63. The van der Waals surface area contributed by atoms with Crippen molar-refractivity contribution in [3.05, 3.63) is 114 Å². The van der Waals surface area contributed by atoms with Crippen LogP contribution in [0.3, 0.4) is 0 Å². The molecule has 0 bridgehead atoms. The first kappa shape index (κ1) is 24.4. The van der Waals surface area contributed by atoms with E-state index in [1.165, 1.54) is 0 Å². The van der Waals surface area contributed by atoms with Gasteiger partial charge in [-0.2, -0.15) is 0 Å². The molecule has 186 valence electrons. The number of para-hydroxylation sites is 1. The van der Waals surface area contributed by atoms with E-state index in [1.807, 2.05) is 90.7 Å². The molecule has 0 fully saturated rings. The van der Waals surface area contributed by atoms with Crippen molar-refractivity contribution in [2.75, 3.05) is 28.9 Å². The molecule has 5 rings (SSSR count). The third-order valence-electron chi connectivity index (χ3n) is 6.11. The fraction of sp³-hybridized carbons (Fsp3) is 0.133. The Labute approximate surface area is 222 Å². The number of hydrogen-bond donors (Lipinski definition) is 0. The fourth-order valence-electron chi connectivity index (χ4n) is 4.26. The molecule has 0 N–H and O–H groups in total. The number of hydrogen-bond acceptors (Lipinski definition) is 6. The van der Waals surface area contributed by atoms with Gasteiger partial charge in [-0.05, 0) is 78.4 Å². The zero-order valence-corrected chi connectivity index (χ0v) is 21.6. The van der Waals surface area contributed by atoms with Crippen molar-refractivity contribution in [3.63, 3.8) is 0 Å². The van der Waals surface area contributed by atoms with E-state index in [0.29, 0.717) is 22.4 Å². The molecule has 0 amide bonds. The largest absolute Gasteiger partial charge is 0.457 e. The minimum atomic E-state index is -0.347. The quantitative estimate of drug-likeness (QED) is 0.265. The Morgan fingerprint density at radius 2 is 1.41 bits per heavy atom. The summed E-state index contributed by atoms with van der Waals surface area (Å²) >= 11 is 5.99. The Kier molecular flexibility index (Phi) is 6.84. The monoisotopic (exact) mass is 510 g/mol. The number of anilines is 3. The average molecular weight is 511 g/mol. The van der Waals surface area contributed by atoms with Gasteiger partial charge in [0.05, 0.1) is 5.69 Å². The van der Waals surface area contributed by atoms with Crippen molar-refractivity contribution in [2.45, 2.75) is 13.1 Å². The highest BCUT2D eigenvalue weighted by atomic mass is 35.5. The number of rotatable bonds is 7. The molecular weight excluding hydrogens is 484 g/mol. The number of carbonyl (C=O) groups excluding carboxylic acids is 1. The Morgan fingerprint density at radius 1 is 0.811 bits per heavy atom. The van der Waals surface area contributed by atoms with Crippen LogP contribution in [0, 0.1) is 0 Å². The number of hydrazone groups is 1. The molecule has 0 saturated carbocycles. The zero-order valence-electron chi connectivity index (χ0n) is 20.9. The predicted molar refractivity (Wildman–Crippen MR) is 151 cm³/mol. The summed E-state index contributed by atoms with van der Waals surface area (Å²) in [6.45, 7) is 1.55. The molecule has 37 heavy (non-hydrogen) atoms. The van der Waals surface area contributed by atoms with Crippen LogP contribution in [-0.2, 0) is 4.79 Å². The van der Waals surface area contributed by atoms with Crippen molar-refractivity contribution >= 4 is 40.3 Å². The van der Waals surface area contributed by atoms with Gasteiger partial charge >= 0.3 is 0 Å². The number of Topliss-reactive ketones (excluding diaryl/α,β-unsaturated/α-hetero) is 1. The van der Waals surface area contributed by atoms with E-state index in [9.17, 15) is 4.79 Å². The predicted octanol–water partition coefficient (Wildman–Crippen LogP) is 7.13. The lowest BCUT2D eigenvalue weighted by molar-refractivity contribution is -0.111. The second-order valence-corrected chi connectivity index (χ2v) is 9.38. The smallest absolute Gasteiger partial charge is 0.198 e. The van der Waals surface area contributed by atoms with Crippen molar-refractivity contribution < 1.29 is 9.53 Å². The Bertz CT molecular complexity index is 1400. The maximum Gasteiger partial charge on any atom is 0.198 e. The number of ketones is 1. The fourth-order valence-corrected chi connectivity index (χ4v) is 4.39. The highest BCUT2D eigenvalue weighted by Crippen LogP contribution is 2.40. The van der Waals surface area contributed by atoms with Gasteiger partial charge in [0.25, 0.3) is 0 Å². The van der Waals surface area contributed by atoms with Crippen molar-refractivity contribution in [3.8, 4) is 11.5 Å². The summed E-state index contributed by atoms with van der Waals surface area (Å²) in [5, 5.41) is 7.36. The van der Waals surface area contributed by atoms with Gasteiger partial charge in [0.15, 0.2) is 17.8 Å². The van der Waals surface area contributed by atoms with Gasteiger partial charge < -0.3 is 9.64 Å². The van der Waals surface area contributed by atoms with Gasteiger partial charge in [-0.25, -0.2) is 5.01 Å². The number of halogens is 1. The maximum absolute atomic E-state index is 12.8. The highest BCUT2D eigenvalue weighted by molar-refractivity contribution is 6.44. The molecule has 0 aliphatic carbocycles. The number of carbonyl (C=O) groups is 1. The van der Waals surface area contributed by atoms with E-state index in [2.05, 4.69) is 29.2 Å². The highest BCUT2D eigenvalue weighted by Gasteiger charge is 2.39. The van der Waals surface area contributed by atoms with E-state index >= 15 is 0 Å². The van der Waals surface area contributed by atoms with Crippen LogP contribution in [0.15, 0.2) is 108 Å². The standard InChI is InChI=1S/C30H27ClN4O2/c1-21(36)29-32-35(26-7-5-4-6-8-26)30(22-9-13-24(14-10-22)33(2)3)34(29)25-15-19-28(20-16-25)37-27-17-11-23(31)12-18-27/h4-20,30H,1-3H3/t30-/m0/s1. The van der Waals surface area contributed by atoms with Crippen molar-refractivity contribution in [1.82, 2.24) is 0 Å². The molecule has 4 aromatic carbocycles. The van der Waals surface area contributed by atoms with Gasteiger partial charge in [-0.3, -0.25) is 9.69 Å². The molecule has 0 spiro atoms. The molecule has 1 aliphatic heterocycles. The third-order valence-corrected chi connectivity index (χ3v) is 6.37. The summed E-state index contributed by atoms with van der Waals surface area (Å²) in [6.07, 6.45) is -0.347. The summed E-state index contributed by atoms with van der Waals surface area (Å²) in [6, 6.07) is 33.1. The second kappa shape index (κ2) is 10.4. The topological polar surface area (TPSA) is 48.4 Å². The molecule has 0 unspecified atom stereocenters. The Hall–Kier alpha value is -4.29. The Morgan fingerprint density at radius 3 is 1.97 bits per heavy atom. The van der Waals surface area contributed by atoms with Crippen LogP contribution in [0.25, 0.3) is 0 Å². The lowest BCUT2D eigenvalue weighted by Crippen LogP contribution is -2.37. The first-order valence-corrected chi connectivity index (χ1v) is 12.3. The number of nitrogens with zero attached hydrogens (tertiary/aromatic N) is 4. The first-order chi connectivity index (χ1) is 17.9. The van der Waals surface area contributed by atoms with Crippen LogP contribution in [-0.4, -0.2) is 25.7 Å². The summed E-state index contributed by atoms with van der Waals surface area (Å²) < 4.78 is 5.97. The third kappa shape index (κ3) is 5.15. The van der Waals surface area contributed by atoms with Crippen molar-refractivity contribution in [1.29, 1.82) is 0 Å². The van der Waals surface area contributed by atoms with Crippen LogP contribution < -0.4 is 19.5 Å². The van der Waals surface area contributed by atoms with Crippen LogP contribution >= 0.6 is 11.6 Å². The van der Waals surface area contributed by atoms with Crippen LogP contribution in [0.5, 0.6) is 11.5 Å². The maximum atomic E-state index is 12.8. The minimum Gasteiger partial charge on any atom is -0.457 e. The molecule has 7 heteroatoms. The molecule has 1 heterocycles. The normalized spacial score (nSPS) is 14.9. The lowest BCUT2D eigenvalue weighted by atomic mass is 10.1. The SMILES string of the molecule is CC(=O)C1=NN(c2ccccc2)[C@@H](c2ccc(N(C)C)cc2)N1c1ccc(Oc2ccc(Cl)cc2)cc1. The van der Waals surface area contributed by atoms with E-state index in [1.54, 1.807) is 19.1 Å². The van der Waals surface area contributed by atoms with Gasteiger partial charge in [0.2, 0.25) is 0 Å². The molecule has 0 radical (unpaired) electrons. The summed E-state index contributed by atoms with van der Waals surface area (Å²) in [4.78, 5) is 16.9. The van der Waals surface area contributed by atoms with E-state index in [-0.39, 0.29) is 11.9 Å². The number of benzene rings is 4. The van der Waals surface area contributed by atoms with E-state index in [4.69, 9.17) is 21.4 Å². The lowest BCUT2D eigenvalue weighted by Gasteiger charge is -2.32. The van der Waals surface area contributed by atoms with Crippen LogP contribution in [0.2, 0.25) is 5.02 Å². The van der Waals surface area contributed by atoms with Crippen LogP contribution in [0.1, 0.15) is 18.7 Å². The molecule has 4 aromatic rings. The molecular formula is C30H27ClN4O2. The van der Waals surface area contributed by atoms with Gasteiger partial charge in [-0.15, -0.1) is 5.10 Å². The summed E-state index contributed by atoms with van der Waals surface area (Å²) in [5.41, 5.74) is 3.83. The van der Waals surface area contributed by atoms with E-state index < -0.39 is 0 Å². The zero-order chi connectivity index (χ0) is 25.9. The minimum absolute atomic E-state index is 0.116. The molecule has 0 saturated heterocycles. The van der Waals surface area contributed by atoms with E-state index in [0.717, 1.165) is 22.6 Å². The molecule has 1 aliphatic rings. The Balaban J connectivity index is 1.54. The first-order valence-electron chi connectivity index (χ1n) is 11.9. The molecule has 6 nitrogen and oxygen atoms in total. The van der Waals surface area contributed by atoms with Gasteiger partial charge in [0.1, 0.15) is 11.5 Å². The van der Waals surface area contributed by atoms with Gasteiger partial charge in [-0.1, -0.05) is 41.9 Å². The second-order valence-electron chi connectivity index (χ2n) is 8.94. The summed E-state index contributed by atoms with van der Waals surface area (Å²) in [7, 11) is 4.02. The van der Waals surface area contributed by atoms with Gasteiger partial charge in [0, 0.05) is 37.4 Å². The van der Waals surface area contributed by atoms with Crippen LogP contribution in [0.4, 0.5) is 17.1 Å². The number of amidine groups is 1. The average Bonchev–Trinajstić information content (AvgIpc) is 3.32. The van der Waals surface area contributed by atoms with Crippen molar-refractivity contribution in [2.24, 2.45) is 5.10 Å². The molecule has 0 aromatic heterocycles. The number of ether oxygens (including phenoxy) is 1.